The topological polar surface area (TPSA) is 64.1 Å². The fraction of sp³-hybridized carbons (Fsp3) is 0.100. The molecule has 2 aromatic rings. The van der Waals surface area contributed by atoms with Gasteiger partial charge in [0.25, 0.3) is 0 Å². The quantitative estimate of drug-likeness (QED) is 0.474. The summed E-state index contributed by atoms with van der Waals surface area (Å²) in [6, 6.07) is 5.32. The van der Waals surface area contributed by atoms with Crippen LogP contribution in [0.15, 0.2) is 41.3 Å². The molecule has 0 spiro atoms. The van der Waals surface area contributed by atoms with Crippen molar-refractivity contribution in [2.24, 2.45) is 5.84 Å². The Labute approximate surface area is 92.0 Å². The van der Waals surface area contributed by atoms with Crippen molar-refractivity contribution in [2.75, 3.05) is 0 Å². The van der Waals surface area contributed by atoms with Crippen molar-refractivity contribution in [1.82, 2.24) is 10.4 Å². The molecule has 0 radical (unpaired) electrons. The Balaban J connectivity index is 2.35. The number of halogens is 1. The number of nitrogens with one attached hydrogen (secondary N) is 1. The first-order valence-corrected chi connectivity index (χ1v) is 4.78. The summed E-state index contributed by atoms with van der Waals surface area (Å²) < 4.78 is 5.00. The number of hydrazine groups is 1. The Morgan fingerprint density at radius 1 is 1.40 bits per heavy atom. The molecule has 0 amide bonds. The minimum atomic E-state index is -0.135. The van der Waals surface area contributed by atoms with Crippen molar-refractivity contribution in [3.05, 3.63) is 53.2 Å². The highest BCUT2D eigenvalue weighted by atomic mass is 35.5. The number of furan rings is 1. The average Bonchev–Trinajstić information content (AvgIpc) is 2.72. The predicted molar refractivity (Wildman–Crippen MR) is 57.1 cm³/mol. The molecular weight excluding hydrogens is 214 g/mol. The Kier molecular flexibility index (Phi) is 3.01. The van der Waals surface area contributed by atoms with Crippen molar-refractivity contribution in [3.8, 4) is 0 Å². The second kappa shape index (κ2) is 4.44. The van der Waals surface area contributed by atoms with E-state index in [9.17, 15) is 0 Å². The van der Waals surface area contributed by atoms with E-state index in [-0.39, 0.29) is 6.04 Å². The number of rotatable bonds is 3. The molecule has 4 nitrogen and oxygen atoms in total. The molecule has 0 bridgehead atoms. The molecule has 1 unspecified atom stereocenters. The molecule has 0 aromatic carbocycles. The largest absolute Gasteiger partial charge is 0.472 e. The van der Waals surface area contributed by atoms with Gasteiger partial charge in [-0.15, -0.1) is 0 Å². The second-order valence-corrected chi connectivity index (χ2v) is 3.46. The van der Waals surface area contributed by atoms with Crippen molar-refractivity contribution >= 4 is 11.6 Å². The van der Waals surface area contributed by atoms with Crippen molar-refractivity contribution in [3.63, 3.8) is 0 Å². The lowest BCUT2D eigenvalue weighted by Crippen LogP contribution is -2.28. The van der Waals surface area contributed by atoms with Gasteiger partial charge in [-0.25, -0.2) is 10.4 Å². The molecule has 2 aromatic heterocycles. The van der Waals surface area contributed by atoms with E-state index in [0.717, 1.165) is 11.1 Å². The summed E-state index contributed by atoms with van der Waals surface area (Å²) in [7, 11) is 0. The maximum Gasteiger partial charge on any atom is 0.129 e. The second-order valence-electron chi connectivity index (χ2n) is 3.07. The van der Waals surface area contributed by atoms with Crippen LogP contribution in [-0.4, -0.2) is 4.98 Å². The number of aromatic nitrogens is 1. The Hall–Kier alpha value is -1.36. The number of pyridine rings is 1. The summed E-state index contributed by atoms with van der Waals surface area (Å²) in [6.07, 6.45) is 4.88. The molecule has 1 atom stereocenters. The molecule has 0 saturated heterocycles. The van der Waals surface area contributed by atoms with Gasteiger partial charge in [-0.3, -0.25) is 5.84 Å². The Morgan fingerprint density at radius 3 is 2.87 bits per heavy atom. The van der Waals surface area contributed by atoms with Gasteiger partial charge in [-0.05, 0) is 23.8 Å². The third kappa shape index (κ3) is 2.18. The minimum Gasteiger partial charge on any atom is -0.472 e. The SMILES string of the molecule is NNC(c1ccoc1)c1ccnc(Cl)c1. The number of nitrogens with two attached hydrogens (primary N) is 1. The van der Waals surface area contributed by atoms with E-state index in [2.05, 4.69) is 10.4 Å². The molecule has 0 aliphatic heterocycles. The minimum absolute atomic E-state index is 0.135. The van der Waals surface area contributed by atoms with E-state index in [1.807, 2.05) is 12.1 Å². The first-order valence-electron chi connectivity index (χ1n) is 4.41. The van der Waals surface area contributed by atoms with E-state index in [1.54, 1.807) is 24.8 Å². The van der Waals surface area contributed by atoms with Crippen LogP contribution in [0.25, 0.3) is 0 Å². The Bertz CT molecular complexity index is 430. The zero-order valence-corrected chi connectivity index (χ0v) is 8.61. The van der Waals surface area contributed by atoms with Gasteiger partial charge in [0, 0.05) is 11.8 Å². The van der Waals surface area contributed by atoms with E-state index in [1.165, 1.54) is 0 Å². The van der Waals surface area contributed by atoms with Crippen LogP contribution in [0, 0.1) is 0 Å². The van der Waals surface area contributed by atoms with Gasteiger partial charge < -0.3 is 4.42 Å². The molecule has 78 valence electrons. The van der Waals surface area contributed by atoms with Crippen molar-refractivity contribution < 1.29 is 4.42 Å². The highest BCUT2D eigenvalue weighted by Crippen LogP contribution is 2.22. The summed E-state index contributed by atoms with van der Waals surface area (Å²) >= 11 is 5.80. The molecule has 2 heterocycles. The molecule has 3 N–H and O–H groups in total. The zero-order chi connectivity index (χ0) is 10.7. The van der Waals surface area contributed by atoms with Gasteiger partial charge in [-0.2, -0.15) is 0 Å². The highest BCUT2D eigenvalue weighted by molar-refractivity contribution is 6.29. The summed E-state index contributed by atoms with van der Waals surface area (Å²) in [5.74, 6) is 5.49. The summed E-state index contributed by atoms with van der Waals surface area (Å²) in [5.41, 5.74) is 4.59. The number of hydrogen-bond donors (Lipinski definition) is 2. The standard InChI is InChI=1S/C10H10ClN3O/c11-9-5-7(1-3-13-9)10(14-12)8-2-4-15-6-8/h1-6,10,14H,12H2. The van der Waals surface area contributed by atoms with Crippen LogP contribution in [0.3, 0.4) is 0 Å². The van der Waals surface area contributed by atoms with Gasteiger partial charge in [-0.1, -0.05) is 11.6 Å². The van der Waals surface area contributed by atoms with Crippen molar-refractivity contribution in [2.45, 2.75) is 6.04 Å². The molecule has 0 fully saturated rings. The van der Waals surface area contributed by atoms with Gasteiger partial charge in [0.05, 0.1) is 18.6 Å². The predicted octanol–water partition coefficient (Wildman–Crippen LogP) is 1.88. The average molecular weight is 224 g/mol. The summed E-state index contributed by atoms with van der Waals surface area (Å²) in [5, 5.41) is 0.441. The van der Waals surface area contributed by atoms with Gasteiger partial charge in [0.2, 0.25) is 0 Å². The smallest absolute Gasteiger partial charge is 0.129 e. The van der Waals surface area contributed by atoms with Gasteiger partial charge >= 0.3 is 0 Å². The number of hydrogen-bond acceptors (Lipinski definition) is 4. The monoisotopic (exact) mass is 223 g/mol. The molecular formula is C10H10ClN3O. The van der Waals surface area contributed by atoms with Crippen LogP contribution < -0.4 is 11.3 Å². The van der Waals surface area contributed by atoms with Crippen LogP contribution in [0.2, 0.25) is 5.15 Å². The van der Waals surface area contributed by atoms with Crippen molar-refractivity contribution in [1.29, 1.82) is 0 Å². The normalized spacial score (nSPS) is 12.7. The summed E-state index contributed by atoms with van der Waals surface area (Å²) in [4.78, 5) is 3.91. The maximum absolute atomic E-state index is 5.80. The first-order chi connectivity index (χ1) is 7.31. The molecule has 15 heavy (non-hydrogen) atoms. The van der Waals surface area contributed by atoms with Crippen LogP contribution in [0.1, 0.15) is 17.2 Å². The van der Waals surface area contributed by atoms with E-state index < -0.39 is 0 Å². The fourth-order valence-electron chi connectivity index (χ4n) is 1.42. The van der Waals surface area contributed by atoms with E-state index >= 15 is 0 Å². The fourth-order valence-corrected chi connectivity index (χ4v) is 1.60. The van der Waals surface area contributed by atoms with Crippen LogP contribution in [-0.2, 0) is 0 Å². The van der Waals surface area contributed by atoms with Crippen LogP contribution in [0.4, 0.5) is 0 Å². The first kappa shape index (κ1) is 10.2. The third-order valence-electron chi connectivity index (χ3n) is 2.13. The van der Waals surface area contributed by atoms with E-state index in [0.29, 0.717) is 5.15 Å². The van der Waals surface area contributed by atoms with Gasteiger partial charge in [0.15, 0.2) is 0 Å². The molecule has 0 aliphatic rings. The molecule has 2 rings (SSSR count). The van der Waals surface area contributed by atoms with Crippen LogP contribution >= 0.6 is 11.6 Å². The third-order valence-corrected chi connectivity index (χ3v) is 2.33. The molecule has 0 aliphatic carbocycles. The summed E-state index contributed by atoms with van der Waals surface area (Å²) in [6.45, 7) is 0. The molecule has 0 saturated carbocycles. The maximum atomic E-state index is 5.80. The lowest BCUT2D eigenvalue weighted by molar-refractivity contribution is 0.553. The zero-order valence-electron chi connectivity index (χ0n) is 7.85. The van der Waals surface area contributed by atoms with Gasteiger partial charge in [0.1, 0.15) is 5.15 Å². The molecule has 5 heteroatoms. The highest BCUT2D eigenvalue weighted by Gasteiger charge is 2.13. The van der Waals surface area contributed by atoms with E-state index in [4.69, 9.17) is 21.9 Å². The number of nitrogens with zero attached hydrogens (tertiary/aromatic N) is 1. The van der Waals surface area contributed by atoms with Crippen LogP contribution in [0.5, 0.6) is 0 Å². The lowest BCUT2D eigenvalue weighted by Gasteiger charge is -2.14. The lowest BCUT2D eigenvalue weighted by atomic mass is 10.0. The Morgan fingerprint density at radius 2 is 2.27 bits per heavy atom.